The van der Waals surface area contributed by atoms with E-state index in [1.165, 1.54) is 26.4 Å². The van der Waals surface area contributed by atoms with Crippen molar-refractivity contribution in [2.24, 2.45) is 0 Å². The number of ether oxygens (including phenoxy) is 2. The zero-order valence-corrected chi connectivity index (χ0v) is 19.2. The predicted octanol–water partition coefficient (Wildman–Crippen LogP) is 4.08. The van der Waals surface area contributed by atoms with Crippen LogP contribution in [0.15, 0.2) is 54.6 Å². The summed E-state index contributed by atoms with van der Waals surface area (Å²) in [5.74, 6) is -2.01. The molecule has 3 rings (SSSR count). The summed E-state index contributed by atoms with van der Waals surface area (Å²) in [4.78, 5) is 24.2. The molecule has 0 aliphatic rings. The van der Waals surface area contributed by atoms with E-state index in [0.29, 0.717) is 28.2 Å². The first-order valence-electron chi connectivity index (χ1n) is 10.2. The molecule has 0 fully saturated rings. The van der Waals surface area contributed by atoms with E-state index in [4.69, 9.17) is 21.1 Å². The van der Waals surface area contributed by atoms with Crippen molar-refractivity contribution >= 4 is 23.5 Å². The number of amides is 1. The molecule has 0 saturated carbocycles. The van der Waals surface area contributed by atoms with Crippen molar-refractivity contribution in [3.05, 3.63) is 82.1 Å². The smallest absolute Gasteiger partial charge is 0.326 e. The standard InChI is InChI=1S/C25H23ClFNO6/c1-33-20-11-15(13-29)12-21(34-2)22(20)16-8-6-14(7-9-16)10-19(25(31)32)28-24(30)23-17(26)4-3-5-18(23)27/h3-9,11-12,19,29H,10,13H2,1-2H3,(H,28,30)(H,31,32)/t19-/m0/s1. The number of rotatable bonds is 9. The number of hydrogen-bond donors (Lipinski definition) is 3. The first kappa shape index (κ1) is 25.0. The Morgan fingerprint density at radius 3 is 2.15 bits per heavy atom. The molecule has 3 N–H and O–H groups in total. The lowest BCUT2D eigenvalue weighted by molar-refractivity contribution is -0.139. The summed E-state index contributed by atoms with van der Waals surface area (Å²) in [5.41, 5.74) is 2.27. The first-order valence-corrected chi connectivity index (χ1v) is 10.6. The number of aliphatic hydroxyl groups is 1. The number of aliphatic carboxylic acids is 1. The molecule has 7 nitrogen and oxygen atoms in total. The molecule has 1 amide bonds. The minimum absolute atomic E-state index is 0.0366. The minimum Gasteiger partial charge on any atom is -0.496 e. The van der Waals surface area contributed by atoms with Crippen LogP contribution in [0.1, 0.15) is 21.5 Å². The summed E-state index contributed by atoms with van der Waals surface area (Å²) < 4.78 is 24.9. The number of carboxylic acid groups (broad SMARTS) is 1. The molecule has 0 radical (unpaired) electrons. The van der Waals surface area contributed by atoms with Gasteiger partial charge in [0.15, 0.2) is 0 Å². The molecule has 0 aliphatic heterocycles. The van der Waals surface area contributed by atoms with Gasteiger partial charge in [0.25, 0.3) is 5.91 Å². The molecule has 0 spiro atoms. The van der Waals surface area contributed by atoms with E-state index in [-0.39, 0.29) is 18.1 Å². The van der Waals surface area contributed by atoms with Gasteiger partial charge in [0.05, 0.1) is 37.0 Å². The fourth-order valence-electron chi connectivity index (χ4n) is 3.53. The molecule has 3 aromatic rings. The Balaban J connectivity index is 1.84. The SMILES string of the molecule is COc1cc(CO)cc(OC)c1-c1ccc(C[C@H](NC(=O)c2c(F)cccc2Cl)C(=O)O)cc1. The second kappa shape index (κ2) is 11.0. The van der Waals surface area contributed by atoms with Crippen LogP contribution in [-0.4, -0.2) is 42.4 Å². The van der Waals surface area contributed by atoms with Gasteiger partial charge in [-0.05, 0) is 41.0 Å². The van der Waals surface area contributed by atoms with E-state index in [1.54, 1.807) is 36.4 Å². The number of aliphatic hydroxyl groups excluding tert-OH is 1. The van der Waals surface area contributed by atoms with Crippen LogP contribution in [-0.2, 0) is 17.8 Å². The van der Waals surface area contributed by atoms with Crippen LogP contribution >= 0.6 is 11.6 Å². The maximum Gasteiger partial charge on any atom is 0.326 e. The highest BCUT2D eigenvalue weighted by atomic mass is 35.5. The van der Waals surface area contributed by atoms with E-state index < -0.39 is 29.3 Å². The van der Waals surface area contributed by atoms with Crippen molar-refractivity contribution in [2.45, 2.75) is 19.1 Å². The normalized spacial score (nSPS) is 11.6. The topological polar surface area (TPSA) is 105 Å². The lowest BCUT2D eigenvalue weighted by atomic mass is 9.98. The van der Waals surface area contributed by atoms with Crippen molar-refractivity contribution in [3.63, 3.8) is 0 Å². The van der Waals surface area contributed by atoms with Crippen molar-refractivity contribution in [3.8, 4) is 22.6 Å². The van der Waals surface area contributed by atoms with Gasteiger partial charge >= 0.3 is 5.97 Å². The number of hydrogen-bond acceptors (Lipinski definition) is 5. The number of methoxy groups -OCH3 is 2. The number of halogens is 2. The van der Waals surface area contributed by atoms with Gasteiger partial charge in [-0.15, -0.1) is 0 Å². The van der Waals surface area contributed by atoms with Crippen LogP contribution in [0.3, 0.4) is 0 Å². The second-order valence-corrected chi connectivity index (χ2v) is 7.80. The third-order valence-corrected chi connectivity index (χ3v) is 5.54. The fourth-order valence-corrected chi connectivity index (χ4v) is 3.78. The molecule has 9 heteroatoms. The number of benzene rings is 3. The largest absolute Gasteiger partial charge is 0.496 e. The van der Waals surface area contributed by atoms with Gasteiger partial charge in [0, 0.05) is 6.42 Å². The van der Waals surface area contributed by atoms with Crippen LogP contribution in [0, 0.1) is 5.82 Å². The summed E-state index contributed by atoms with van der Waals surface area (Å²) >= 11 is 5.91. The quantitative estimate of drug-likeness (QED) is 0.420. The third kappa shape index (κ3) is 5.47. The Morgan fingerprint density at radius 1 is 1.03 bits per heavy atom. The third-order valence-electron chi connectivity index (χ3n) is 5.22. The van der Waals surface area contributed by atoms with Crippen LogP contribution in [0.5, 0.6) is 11.5 Å². The van der Waals surface area contributed by atoms with Crippen molar-refractivity contribution in [1.29, 1.82) is 0 Å². The van der Waals surface area contributed by atoms with Gasteiger partial charge in [0.2, 0.25) is 0 Å². The Hall–Kier alpha value is -3.62. The van der Waals surface area contributed by atoms with Crippen molar-refractivity contribution in [1.82, 2.24) is 5.32 Å². The molecule has 34 heavy (non-hydrogen) atoms. The van der Waals surface area contributed by atoms with Gasteiger partial charge in [-0.3, -0.25) is 4.79 Å². The monoisotopic (exact) mass is 487 g/mol. The van der Waals surface area contributed by atoms with E-state index in [2.05, 4.69) is 5.32 Å². The van der Waals surface area contributed by atoms with Gasteiger partial charge < -0.3 is 25.0 Å². The van der Waals surface area contributed by atoms with Gasteiger partial charge in [-0.1, -0.05) is 41.9 Å². The highest BCUT2D eigenvalue weighted by Gasteiger charge is 2.24. The fraction of sp³-hybridized carbons (Fsp3) is 0.200. The highest BCUT2D eigenvalue weighted by molar-refractivity contribution is 6.33. The lowest BCUT2D eigenvalue weighted by Crippen LogP contribution is -2.42. The Bertz CT molecular complexity index is 1150. The Morgan fingerprint density at radius 2 is 1.65 bits per heavy atom. The Kier molecular flexibility index (Phi) is 8.09. The van der Waals surface area contributed by atoms with Crippen LogP contribution in [0.4, 0.5) is 4.39 Å². The van der Waals surface area contributed by atoms with E-state index in [0.717, 1.165) is 11.6 Å². The summed E-state index contributed by atoms with van der Waals surface area (Å²) in [6.07, 6.45) is -0.0366. The molecule has 178 valence electrons. The number of carbonyl (C=O) groups excluding carboxylic acids is 1. The lowest BCUT2D eigenvalue weighted by Gasteiger charge is -2.17. The molecule has 3 aromatic carbocycles. The van der Waals surface area contributed by atoms with Crippen molar-refractivity contribution < 1.29 is 33.7 Å². The molecule has 0 aromatic heterocycles. The molecule has 0 bridgehead atoms. The van der Waals surface area contributed by atoms with Gasteiger partial charge in [-0.25, -0.2) is 9.18 Å². The molecule has 0 heterocycles. The van der Waals surface area contributed by atoms with Crippen LogP contribution < -0.4 is 14.8 Å². The molecule has 0 unspecified atom stereocenters. The summed E-state index contributed by atoms with van der Waals surface area (Å²) in [7, 11) is 3.02. The zero-order valence-electron chi connectivity index (χ0n) is 18.5. The van der Waals surface area contributed by atoms with Gasteiger partial charge in [-0.2, -0.15) is 0 Å². The maximum atomic E-state index is 14.0. The minimum atomic E-state index is -1.30. The van der Waals surface area contributed by atoms with Crippen molar-refractivity contribution in [2.75, 3.05) is 14.2 Å². The number of carboxylic acids is 1. The Labute approximate surface area is 200 Å². The molecule has 1 atom stereocenters. The molecule has 0 saturated heterocycles. The summed E-state index contributed by atoms with van der Waals surface area (Å²) in [6, 6.07) is 12.8. The summed E-state index contributed by atoms with van der Waals surface area (Å²) in [6.45, 7) is -0.174. The molecular formula is C25H23ClFNO6. The van der Waals surface area contributed by atoms with E-state index in [9.17, 15) is 24.2 Å². The first-order chi connectivity index (χ1) is 16.3. The number of carbonyl (C=O) groups is 2. The second-order valence-electron chi connectivity index (χ2n) is 7.40. The molecule has 0 aliphatic carbocycles. The van der Waals surface area contributed by atoms with Gasteiger partial charge in [0.1, 0.15) is 23.4 Å². The predicted molar refractivity (Wildman–Crippen MR) is 125 cm³/mol. The zero-order chi connectivity index (χ0) is 24.8. The average Bonchev–Trinajstić information content (AvgIpc) is 2.83. The van der Waals surface area contributed by atoms with E-state index >= 15 is 0 Å². The molecular weight excluding hydrogens is 465 g/mol. The highest BCUT2D eigenvalue weighted by Crippen LogP contribution is 2.39. The average molecular weight is 488 g/mol. The van der Waals surface area contributed by atoms with Crippen LogP contribution in [0.25, 0.3) is 11.1 Å². The van der Waals surface area contributed by atoms with Crippen LogP contribution in [0.2, 0.25) is 5.02 Å². The summed E-state index contributed by atoms with van der Waals surface area (Å²) in [5, 5.41) is 21.3. The number of nitrogens with one attached hydrogen (secondary N) is 1. The maximum absolute atomic E-state index is 14.0. The van der Waals surface area contributed by atoms with E-state index in [1.807, 2.05) is 0 Å².